The molecule has 2 rings (SSSR count). The van der Waals surface area contributed by atoms with Crippen LogP contribution in [0.3, 0.4) is 0 Å². The molecule has 1 amide bonds. The number of benzene rings is 2. The molecular weight excluding hydrogens is 270 g/mol. The molecule has 0 fully saturated rings. The van der Waals surface area contributed by atoms with Crippen LogP contribution in [0.25, 0.3) is 10.8 Å². The molecule has 0 aliphatic carbocycles. The van der Waals surface area contributed by atoms with E-state index in [0.717, 1.165) is 11.3 Å². The molecule has 2 aromatic rings. The maximum Gasteiger partial charge on any atom is 0.230 e. The van der Waals surface area contributed by atoms with Crippen LogP contribution >= 0.6 is 11.8 Å². The average Bonchev–Trinajstić information content (AvgIpc) is 2.49. The number of fused-ring (bicyclic) bond motifs is 1. The first-order valence-electron chi connectivity index (χ1n) is 6.67. The summed E-state index contributed by atoms with van der Waals surface area (Å²) in [6.07, 6.45) is 0.850. The molecule has 0 saturated carbocycles. The average molecular weight is 289 g/mol. The summed E-state index contributed by atoms with van der Waals surface area (Å²) < 4.78 is 4.94. The van der Waals surface area contributed by atoms with Gasteiger partial charge in [-0.05, 0) is 29.3 Å². The van der Waals surface area contributed by atoms with Crippen LogP contribution in [-0.4, -0.2) is 31.9 Å². The number of carbonyl (C=O) groups is 1. The Balaban J connectivity index is 1.81. The lowest BCUT2D eigenvalue weighted by atomic mass is 10.1. The van der Waals surface area contributed by atoms with Crippen molar-refractivity contribution in [3.05, 3.63) is 42.5 Å². The van der Waals surface area contributed by atoms with Crippen LogP contribution in [-0.2, 0) is 9.53 Å². The minimum Gasteiger partial charge on any atom is -0.385 e. The van der Waals surface area contributed by atoms with E-state index < -0.39 is 0 Å². The summed E-state index contributed by atoms with van der Waals surface area (Å²) >= 11 is 1.56. The zero-order valence-corrected chi connectivity index (χ0v) is 12.4. The number of methoxy groups -OCH3 is 1. The predicted molar refractivity (Wildman–Crippen MR) is 84.2 cm³/mol. The van der Waals surface area contributed by atoms with Crippen LogP contribution in [0.2, 0.25) is 0 Å². The van der Waals surface area contributed by atoms with Crippen molar-refractivity contribution < 1.29 is 9.53 Å². The van der Waals surface area contributed by atoms with Crippen molar-refractivity contribution in [3.8, 4) is 0 Å². The van der Waals surface area contributed by atoms with Gasteiger partial charge in [-0.1, -0.05) is 30.3 Å². The first-order valence-corrected chi connectivity index (χ1v) is 7.65. The summed E-state index contributed by atoms with van der Waals surface area (Å²) in [7, 11) is 1.66. The third-order valence-corrected chi connectivity index (χ3v) is 3.93. The van der Waals surface area contributed by atoms with Crippen LogP contribution in [0.1, 0.15) is 6.42 Å². The van der Waals surface area contributed by atoms with Gasteiger partial charge in [-0.3, -0.25) is 4.79 Å². The van der Waals surface area contributed by atoms with E-state index in [9.17, 15) is 4.79 Å². The number of hydrogen-bond acceptors (Lipinski definition) is 3. The molecule has 0 atom stereocenters. The van der Waals surface area contributed by atoms with Crippen molar-refractivity contribution in [2.45, 2.75) is 11.3 Å². The Labute approximate surface area is 123 Å². The van der Waals surface area contributed by atoms with Crippen molar-refractivity contribution in [2.75, 3.05) is 26.0 Å². The molecule has 20 heavy (non-hydrogen) atoms. The summed E-state index contributed by atoms with van der Waals surface area (Å²) in [4.78, 5) is 12.8. The lowest BCUT2D eigenvalue weighted by molar-refractivity contribution is -0.118. The quantitative estimate of drug-likeness (QED) is 0.629. The van der Waals surface area contributed by atoms with E-state index >= 15 is 0 Å². The van der Waals surface area contributed by atoms with Crippen LogP contribution in [0, 0.1) is 0 Å². The maximum atomic E-state index is 11.7. The number of ether oxygens (including phenoxy) is 1. The van der Waals surface area contributed by atoms with Crippen molar-refractivity contribution >= 4 is 28.4 Å². The molecule has 2 aromatic carbocycles. The van der Waals surface area contributed by atoms with E-state index in [1.165, 1.54) is 10.8 Å². The van der Waals surface area contributed by atoms with Crippen LogP contribution in [0.4, 0.5) is 0 Å². The lowest BCUT2D eigenvalue weighted by Gasteiger charge is -2.05. The minimum absolute atomic E-state index is 0.0688. The highest BCUT2D eigenvalue weighted by atomic mass is 32.2. The third kappa shape index (κ3) is 4.54. The van der Waals surface area contributed by atoms with Crippen molar-refractivity contribution in [2.24, 2.45) is 0 Å². The summed E-state index contributed by atoms with van der Waals surface area (Å²) in [6, 6.07) is 14.5. The molecule has 0 aromatic heterocycles. The fraction of sp³-hybridized carbons (Fsp3) is 0.312. The topological polar surface area (TPSA) is 38.3 Å². The Morgan fingerprint density at radius 3 is 2.80 bits per heavy atom. The van der Waals surface area contributed by atoms with Crippen LogP contribution < -0.4 is 5.32 Å². The highest BCUT2D eigenvalue weighted by Gasteiger charge is 2.03. The van der Waals surface area contributed by atoms with Gasteiger partial charge in [0.1, 0.15) is 0 Å². The van der Waals surface area contributed by atoms with Crippen molar-refractivity contribution in [3.63, 3.8) is 0 Å². The summed E-state index contributed by atoms with van der Waals surface area (Å²) in [5, 5.41) is 5.31. The Hall–Kier alpha value is -1.52. The molecule has 0 saturated heterocycles. The van der Waals surface area contributed by atoms with E-state index in [4.69, 9.17) is 4.74 Å². The Kier molecular flexibility index (Phi) is 5.89. The second-order valence-corrected chi connectivity index (χ2v) is 5.54. The fourth-order valence-corrected chi connectivity index (χ4v) is 2.68. The molecule has 106 valence electrons. The van der Waals surface area contributed by atoms with Gasteiger partial charge >= 0.3 is 0 Å². The molecule has 0 aliphatic rings. The number of rotatable bonds is 7. The number of carbonyl (C=O) groups excluding carboxylic acids is 1. The molecule has 0 unspecified atom stereocenters. The van der Waals surface area contributed by atoms with Gasteiger partial charge in [0, 0.05) is 25.2 Å². The van der Waals surface area contributed by atoms with Crippen LogP contribution in [0.15, 0.2) is 47.4 Å². The van der Waals surface area contributed by atoms with E-state index in [2.05, 4.69) is 35.6 Å². The SMILES string of the molecule is COCCCNC(=O)CSc1ccc2ccccc2c1. The van der Waals surface area contributed by atoms with E-state index in [1.54, 1.807) is 18.9 Å². The number of thioether (sulfide) groups is 1. The van der Waals surface area contributed by atoms with Gasteiger partial charge in [-0.2, -0.15) is 0 Å². The first-order chi connectivity index (χ1) is 9.79. The minimum atomic E-state index is 0.0688. The van der Waals surface area contributed by atoms with Gasteiger partial charge < -0.3 is 10.1 Å². The summed E-state index contributed by atoms with van der Waals surface area (Å²) in [5.41, 5.74) is 0. The molecule has 1 N–H and O–H groups in total. The van der Waals surface area contributed by atoms with Gasteiger partial charge in [0.15, 0.2) is 0 Å². The molecule has 0 bridgehead atoms. The maximum absolute atomic E-state index is 11.7. The molecule has 0 radical (unpaired) electrons. The number of nitrogens with one attached hydrogen (secondary N) is 1. The van der Waals surface area contributed by atoms with E-state index in [-0.39, 0.29) is 5.91 Å². The standard InChI is InChI=1S/C16H19NO2S/c1-19-10-4-9-17-16(18)12-20-15-8-7-13-5-2-3-6-14(13)11-15/h2-3,5-8,11H,4,9-10,12H2,1H3,(H,17,18). The first kappa shape index (κ1) is 14.9. The second-order valence-electron chi connectivity index (χ2n) is 4.49. The van der Waals surface area contributed by atoms with E-state index in [1.807, 2.05) is 12.1 Å². The number of hydrogen-bond donors (Lipinski definition) is 1. The van der Waals surface area contributed by atoms with E-state index in [0.29, 0.717) is 18.9 Å². The van der Waals surface area contributed by atoms with Crippen molar-refractivity contribution in [1.82, 2.24) is 5.32 Å². The summed E-state index contributed by atoms with van der Waals surface area (Å²) in [5.74, 6) is 0.518. The normalized spacial score (nSPS) is 10.7. The second kappa shape index (κ2) is 7.92. The highest BCUT2D eigenvalue weighted by Crippen LogP contribution is 2.23. The monoisotopic (exact) mass is 289 g/mol. The smallest absolute Gasteiger partial charge is 0.230 e. The zero-order chi connectivity index (χ0) is 14.2. The third-order valence-electron chi connectivity index (χ3n) is 2.94. The van der Waals surface area contributed by atoms with Crippen molar-refractivity contribution in [1.29, 1.82) is 0 Å². The van der Waals surface area contributed by atoms with Gasteiger partial charge in [0.2, 0.25) is 5.91 Å². The predicted octanol–water partition coefficient (Wildman–Crippen LogP) is 3.08. The molecule has 3 nitrogen and oxygen atoms in total. The molecule has 0 spiro atoms. The summed E-state index contributed by atoms with van der Waals surface area (Å²) in [6.45, 7) is 1.35. The Bertz CT molecular complexity index is 571. The number of amides is 1. The lowest BCUT2D eigenvalue weighted by Crippen LogP contribution is -2.26. The largest absolute Gasteiger partial charge is 0.385 e. The molecule has 4 heteroatoms. The molecule has 0 aliphatic heterocycles. The molecule has 0 heterocycles. The van der Waals surface area contributed by atoms with Gasteiger partial charge in [0.05, 0.1) is 5.75 Å². The van der Waals surface area contributed by atoms with Gasteiger partial charge in [-0.15, -0.1) is 11.8 Å². The Morgan fingerprint density at radius 1 is 1.20 bits per heavy atom. The van der Waals surface area contributed by atoms with Crippen LogP contribution in [0.5, 0.6) is 0 Å². The zero-order valence-electron chi connectivity index (χ0n) is 11.6. The fourth-order valence-electron chi connectivity index (χ4n) is 1.90. The molecular formula is C16H19NO2S. The Morgan fingerprint density at radius 2 is 2.00 bits per heavy atom. The van der Waals surface area contributed by atoms with Gasteiger partial charge in [-0.25, -0.2) is 0 Å². The highest BCUT2D eigenvalue weighted by molar-refractivity contribution is 8.00. The van der Waals surface area contributed by atoms with Gasteiger partial charge in [0.25, 0.3) is 0 Å².